The number of aromatic nitrogens is 2. The number of rotatable bonds is 8. The molecule has 1 aliphatic heterocycles. The van der Waals surface area contributed by atoms with Crippen LogP contribution in [0.15, 0.2) is 24.5 Å². The van der Waals surface area contributed by atoms with Crippen molar-refractivity contribution in [2.45, 2.75) is 40.5 Å². The van der Waals surface area contributed by atoms with Gasteiger partial charge in [0.25, 0.3) is 5.91 Å². The molecule has 0 atom stereocenters. The monoisotopic (exact) mass is 493 g/mol. The molecule has 0 saturated carbocycles. The second-order valence-electron chi connectivity index (χ2n) is 9.38. The van der Waals surface area contributed by atoms with E-state index >= 15 is 0 Å². The molecule has 3 rings (SSSR count). The van der Waals surface area contributed by atoms with Crippen molar-refractivity contribution in [3.05, 3.63) is 35.9 Å². The highest BCUT2D eigenvalue weighted by atomic mass is 32.2. The molecule has 0 aliphatic carbocycles. The Bertz CT molecular complexity index is 1140. The zero-order valence-electron chi connectivity index (χ0n) is 19.9. The highest BCUT2D eigenvalue weighted by molar-refractivity contribution is 7.87. The summed E-state index contributed by atoms with van der Waals surface area (Å²) in [6, 6.07) is 2.05. The number of nitrogens with one attached hydrogen (secondary N) is 2. The number of fused-ring (bicyclic) bond motifs is 1. The van der Waals surface area contributed by atoms with Crippen molar-refractivity contribution in [1.29, 1.82) is 0 Å². The average molecular weight is 494 g/mol. The van der Waals surface area contributed by atoms with Crippen molar-refractivity contribution in [3.63, 3.8) is 0 Å². The normalized spacial score (nSPS) is 15.9. The first kappa shape index (κ1) is 26.0. The minimum atomic E-state index is -4.18. The summed E-state index contributed by atoms with van der Waals surface area (Å²) in [5, 5.41) is 3.02. The van der Waals surface area contributed by atoms with Crippen LogP contribution in [0, 0.1) is 29.5 Å². The van der Waals surface area contributed by atoms with Crippen LogP contribution in [0.25, 0.3) is 11.0 Å². The Kier molecular flexibility index (Phi) is 8.19. The molecule has 0 spiro atoms. The molecule has 0 radical (unpaired) electrons. The van der Waals surface area contributed by atoms with Crippen LogP contribution in [-0.2, 0) is 15.0 Å². The number of benzene rings is 1. The highest BCUT2D eigenvalue weighted by Crippen LogP contribution is 2.23. The number of amides is 2. The number of piperidine rings is 1. The summed E-state index contributed by atoms with van der Waals surface area (Å²) in [4.78, 5) is 33.3. The molecule has 2 amide bonds. The Balaban J connectivity index is 1.60. The standard InChI is InChI=1S/C23H32FN5O4S/c1-14(2)19(15(3)4)13-27-22(30)16-5-9-29(10-6-16)34(32,33)28-23(31)18-11-17(24)12-20-21(18)26-8-7-25-20/h7-8,11-12,14-16,19H,5-6,9-10,13H2,1-4H3,(H,27,30)(H,28,31). The van der Waals surface area contributed by atoms with Crippen LogP contribution < -0.4 is 10.0 Å². The fraction of sp³-hybridized carbons (Fsp3) is 0.565. The quantitative estimate of drug-likeness (QED) is 0.583. The van der Waals surface area contributed by atoms with Crippen LogP contribution in [0.5, 0.6) is 0 Å². The minimum absolute atomic E-state index is 0.0720. The molecule has 1 saturated heterocycles. The Labute approximate surface area is 199 Å². The van der Waals surface area contributed by atoms with E-state index in [2.05, 4.69) is 43.0 Å². The van der Waals surface area contributed by atoms with Crippen LogP contribution in [0.2, 0.25) is 0 Å². The fourth-order valence-corrected chi connectivity index (χ4v) is 5.58. The lowest BCUT2D eigenvalue weighted by Crippen LogP contribution is -2.49. The lowest BCUT2D eigenvalue weighted by Gasteiger charge is -2.31. The topological polar surface area (TPSA) is 121 Å². The summed E-state index contributed by atoms with van der Waals surface area (Å²) in [6.07, 6.45) is 3.39. The van der Waals surface area contributed by atoms with E-state index in [-0.39, 0.29) is 41.5 Å². The summed E-state index contributed by atoms with van der Waals surface area (Å²) in [5.41, 5.74) is 0.0351. The maximum Gasteiger partial charge on any atom is 0.304 e. The van der Waals surface area contributed by atoms with Crippen molar-refractivity contribution < 1.29 is 22.4 Å². The van der Waals surface area contributed by atoms with Crippen LogP contribution in [-0.4, -0.2) is 54.1 Å². The van der Waals surface area contributed by atoms with Gasteiger partial charge in [0, 0.05) is 44.0 Å². The molecule has 11 heteroatoms. The number of hydrogen-bond acceptors (Lipinski definition) is 6. The van der Waals surface area contributed by atoms with Gasteiger partial charge in [0.2, 0.25) is 5.91 Å². The van der Waals surface area contributed by atoms with Crippen molar-refractivity contribution in [2.75, 3.05) is 19.6 Å². The van der Waals surface area contributed by atoms with E-state index in [4.69, 9.17) is 0 Å². The maximum atomic E-state index is 13.9. The van der Waals surface area contributed by atoms with Gasteiger partial charge in [-0.05, 0) is 36.7 Å². The molecule has 2 heterocycles. The summed E-state index contributed by atoms with van der Waals surface area (Å²) in [7, 11) is -4.18. The Hall–Kier alpha value is -2.66. The molecular weight excluding hydrogens is 461 g/mol. The minimum Gasteiger partial charge on any atom is -0.356 e. The Morgan fingerprint density at radius 3 is 2.32 bits per heavy atom. The maximum absolute atomic E-state index is 13.9. The van der Waals surface area contributed by atoms with E-state index in [1.165, 1.54) is 12.4 Å². The molecule has 186 valence electrons. The molecule has 0 bridgehead atoms. The Morgan fingerprint density at radius 2 is 1.71 bits per heavy atom. The van der Waals surface area contributed by atoms with Crippen molar-refractivity contribution in [1.82, 2.24) is 24.3 Å². The summed E-state index contributed by atoms with van der Waals surface area (Å²) in [5.74, 6) is -0.822. The van der Waals surface area contributed by atoms with Gasteiger partial charge in [-0.15, -0.1) is 0 Å². The number of halogens is 1. The van der Waals surface area contributed by atoms with E-state index in [9.17, 15) is 22.4 Å². The van der Waals surface area contributed by atoms with Crippen LogP contribution >= 0.6 is 0 Å². The van der Waals surface area contributed by atoms with Gasteiger partial charge in [0.1, 0.15) is 11.3 Å². The third-order valence-corrected chi connectivity index (χ3v) is 7.88. The molecule has 2 aromatic rings. The van der Waals surface area contributed by atoms with Crippen LogP contribution in [0.3, 0.4) is 0 Å². The SMILES string of the molecule is CC(C)C(CNC(=O)C1CCN(S(=O)(=O)NC(=O)c2cc(F)cc3nccnc23)CC1)C(C)C. The van der Waals surface area contributed by atoms with Gasteiger partial charge in [-0.3, -0.25) is 19.6 Å². The lowest BCUT2D eigenvalue weighted by atomic mass is 9.85. The average Bonchev–Trinajstić information content (AvgIpc) is 2.77. The van der Waals surface area contributed by atoms with Gasteiger partial charge >= 0.3 is 10.2 Å². The second kappa shape index (κ2) is 10.7. The largest absolute Gasteiger partial charge is 0.356 e. The summed E-state index contributed by atoms with van der Waals surface area (Å²) < 4.78 is 42.6. The van der Waals surface area contributed by atoms with Gasteiger partial charge in [-0.25, -0.2) is 9.11 Å². The second-order valence-corrected chi connectivity index (χ2v) is 11.1. The highest BCUT2D eigenvalue weighted by Gasteiger charge is 2.33. The molecule has 1 fully saturated rings. The van der Waals surface area contributed by atoms with E-state index in [0.717, 1.165) is 16.4 Å². The lowest BCUT2D eigenvalue weighted by molar-refractivity contribution is -0.126. The fourth-order valence-electron chi connectivity index (χ4n) is 4.41. The van der Waals surface area contributed by atoms with Gasteiger partial charge in [-0.2, -0.15) is 12.7 Å². The first-order valence-electron chi connectivity index (χ1n) is 11.5. The number of hydrogen-bond donors (Lipinski definition) is 2. The molecule has 1 aliphatic rings. The van der Waals surface area contributed by atoms with E-state index in [1.807, 2.05) is 4.72 Å². The van der Waals surface area contributed by atoms with Crippen LogP contribution in [0.4, 0.5) is 4.39 Å². The Morgan fingerprint density at radius 1 is 1.09 bits per heavy atom. The predicted molar refractivity (Wildman–Crippen MR) is 126 cm³/mol. The van der Waals surface area contributed by atoms with Crippen molar-refractivity contribution in [2.24, 2.45) is 23.7 Å². The van der Waals surface area contributed by atoms with E-state index in [1.54, 1.807) is 0 Å². The molecule has 34 heavy (non-hydrogen) atoms. The van der Waals surface area contributed by atoms with E-state index < -0.39 is 21.9 Å². The van der Waals surface area contributed by atoms with Gasteiger partial charge in [-0.1, -0.05) is 27.7 Å². The summed E-state index contributed by atoms with van der Waals surface area (Å²) in [6.45, 7) is 9.32. The molecule has 0 unspecified atom stereocenters. The zero-order valence-corrected chi connectivity index (χ0v) is 20.7. The zero-order chi connectivity index (χ0) is 25.0. The number of nitrogens with zero attached hydrogens (tertiary/aromatic N) is 3. The molecular formula is C23H32FN5O4S. The number of carbonyl (C=O) groups is 2. The third-order valence-electron chi connectivity index (χ3n) is 6.39. The van der Waals surface area contributed by atoms with Gasteiger partial charge in [0.05, 0.1) is 11.1 Å². The van der Waals surface area contributed by atoms with E-state index in [0.29, 0.717) is 37.1 Å². The van der Waals surface area contributed by atoms with Gasteiger partial charge < -0.3 is 5.32 Å². The molecule has 2 N–H and O–H groups in total. The predicted octanol–water partition coefficient (Wildman–Crippen LogP) is 2.50. The van der Waals surface area contributed by atoms with Crippen molar-refractivity contribution >= 4 is 33.1 Å². The third kappa shape index (κ3) is 6.06. The molecule has 9 nitrogen and oxygen atoms in total. The number of carbonyl (C=O) groups excluding carboxylic acids is 2. The molecule has 1 aromatic heterocycles. The van der Waals surface area contributed by atoms with Gasteiger partial charge in [0.15, 0.2) is 0 Å². The first-order chi connectivity index (χ1) is 16.0. The first-order valence-corrected chi connectivity index (χ1v) is 12.9. The smallest absolute Gasteiger partial charge is 0.304 e. The van der Waals surface area contributed by atoms with Crippen molar-refractivity contribution in [3.8, 4) is 0 Å². The molecule has 1 aromatic carbocycles. The summed E-state index contributed by atoms with van der Waals surface area (Å²) >= 11 is 0. The van der Waals surface area contributed by atoms with Crippen LogP contribution in [0.1, 0.15) is 50.9 Å².